The van der Waals surface area contributed by atoms with Crippen LogP contribution < -0.4 is 38.7 Å². The molecule has 2 saturated heterocycles. The maximum absolute atomic E-state index is 11.9. The summed E-state index contributed by atoms with van der Waals surface area (Å²) in [4.78, 5) is 215. The molecule has 0 bridgehead atoms. The summed E-state index contributed by atoms with van der Waals surface area (Å²) in [5.74, 6) is -7.44. The standard InChI is InChI=1S/C16H21N3O4.C15H19NO6.C13H17NO5.C13H15NO5.C11H13NO5.C11H11NO4.C7H10O4.C6H6BrNO.C4H6O3.C4H8O/c1-4-23-16(21)8-12(7-13-9-15(20)19(2)18-13)11-5-6-14(22-3)17-10-11;1-3-22-15(20)9-12(17)6-11(8-14(18)19)10-4-5-16-13(7-10)21-2;2*1-17-11-5-4-9(8-14-11)10(6-12(15)18-2)7-13(16)19-3;1-17-9-3-2-7(6-12-9)8(4-10(13)14)5-11(15)16;1-15-9-3-2-7(6-12-9)8-4-10(13)16-11(14)5-8;1-10-6(8)4-3-5-7(9)11-2;1-9-6-3-2-5(7)4-8-6;1-3(5)7-4(2)6;1-2-4-5-3-1/h5-6,9-10,12,18H,4,7-8H2,1-3H3;4-5,7,11H,3,6,8-9H2,1-2H3,(H,18,19);4-5,8,10H,6-7H2,1-3H3;4-6,8H,7H2,1-3H3;2-3,6,8H,4-5H2,1H3,(H,13,14)(H,15,16);2-3,6,8H,4-5H2,1H3;3-4H,5H2,1-2H3;2-4H,1H3;1-2H3;1-4H2/b;;;10-6-;;;4-3+;;;. The molecule has 0 aromatic carbocycles. The number of ether oxygens (including phenoxy) is 18. The highest BCUT2D eigenvalue weighted by atomic mass is 79.9. The van der Waals surface area contributed by atoms with Gasteiger partial charge in [0.1, 0.15) is 12.2 Å². The molecule has 2 aliphatic rings. The van der Waals surface area contributed by atoms with E-state index < -0.39 is 77.5 Å². The molecule has 2 unspecified atom stereocenters. The molecule has 806 valence electrons. The molecule has 48 heteroatoms. The van der Waals surface area contributed by atoms with E-state index in [1.807, 2.05) is 18.2 Å². The van der Waals surface area contributed by atoms with Gasteiger partial charge in [0.05, 0.1) is 170 Å². The summed E-state index contributed by atoms with van der Waals surface area (Å²) < 4.78 is 87.1. The van der Waals surface area contributed by atoms with Gasteiger partial charge >= 0.3 is 89.5 Å². The van der Waals surface area contributed by atoms with Gasteiger partial charge in [-0.15, -0.1) is 0 Å². The first-order valence-electron chi connectivity index (χ1n) is 44.8. The third kappa shape index (κ3) is 57.9. The number of methoxy groups -OCH3 is 13. The number of hydrogen-bond acceptors (Lipinski definition) is 42. The van der Waals surface area contributed by atoms with Crippen molar-refractivity contribution in [3.8, 4) is 41.2 Å². The molecule has 10 heterocycles. The van der Waals surface area contributed by atoms with E-state index in [1.54, 1.807) is 127 Å². The van der Waals surface area contributed by atoms with Crippen LogP contribution in [0.2, 0.25) is 0 Å². The van der Waals surface area contributed by atoms with Crippen LogP contribution >= 0.6 is 15.9 Å². The molecule has 0 radical (unpaired) electrons. The second kappa shape index (κ2) is 75.5. The fraction of sp³-hybridized carbons (Fsp3) is 0.420. The minimum atomic E-state index is -1.04. The molecule has 47 nitrogen and oxygen atoms in total. The van der Waals surface area contributed by atoms with Gasteiger partial charge in [0.25, 0.3) is 5.56 Å². The predicted molar refractivity (Wildman–Crippen MR) is 526 cm³/mol. The number of cyclic esters (lactones) is 2. The quantitative estimate of drug-likeness (QED) is 0.0120. The maximum atomic E-state index is 11.9. The molecule has 148 heavy (non-hydrogen) atoms. The first kappa shape index (κ1) is 130. The van der Waals surface area contributed by atoms with Crippen molar-refractivity contribution in [1.82, 2.24) is 44.7 Å². The van der Waals surface area contributed by atoms with Crippen molar-refractivity contribution < 1.29 is 177 Å². The molecular weight excluding hydrogens is 2020 g/mol. The Hall–Kier alpha value is -16.3. The van der Waals surface area contributed by atoms with E-state index in [0.717, 1.165) is 40.1 Å². The zero-order valence-corrected chi connectivity index (χ0v) is 86.9. The van der Waals surface area contributed by atoms with E-state index in [0.29, 0.717) is 76.5 Å². The second-order valence-electron chi connectivity index (χ2n) is 30.0. The Kier molecular flexibility index (Phi) is 66.1. The number of aromatic nitrogens is 9. The topological polar surface area (TPSA) is 628 Å². The summed E-state index contributed by atoms with van der Waals surface area (Å²) in [5.41, 5.74) is 5.46. The van der Waals surface area contributed by atoms with Gasteiger partial charge in [-0.25, -0.2) is 44.5 Å². The zero-order valence-electron chi connectivity index (χ0n) is 85.3. The summed E-state index contributed by atoms with van der Waals surface area (Å²) in [5, 5.41) is 29.4. The molecule has 2 aliphatic heterocycles. The third-order valence-corrected chi connectivity index (χ3v) is 19.9. The van der Waals surface area contributed by atoms with Gasteiger partial charge < -0.3 is 101 Å². The number of carbonyl (C=O) groups excluding carboxylic acids is 13. The number of nitrogens with one attached hydrogen (secondary N) is 1. The van der Waals surface area contributed by atoms with Crippen LogP contribution in [-0.2, 0) is 142 Å². The number of nitrogens with zero attached hydrogens (tertiary/aromatic N) is 8. The number of halogens is 1. The van der Waals surface area contributed by atoms with Crippen LogP contribution in [0.25, 0.3) is 5.57 Å². The molecular formula is C100H126BrN9O38. The summed E-state index contributed by atoms with van der Waals surface area (Å²) >= 11 is 3.26. The number of carbonyl (C=O) groups is 16. The Bertz CT molecular complexity index is 5490. The molecule has 2 fully saturated rings. The Morgan fingerprint density at radius 3 is 1.22 bits per heavy atom. The number of aryl methyl sites for hydroxylation is 1. The maximum Gasteiger partial charge on any atom is 0.330 e. The highest BCUT2D eigenvalue weighted by Crippen LogP contribution is 2.32. The van der Waals surface area contributed by atoms with Crippen LogP contribution in [0.3, 0.4) is 0 Å². The first-order valence-corrected chi connectivity index (χ1v) is 45.6. The van der Waals surface area contributed by atoms with Gasteiger partial charge in [-0.3, -0.25) is 81.7 Å². The normalized spacial score (nSPS) is 11.7. The highest BCUT2D eigenvalue weighted by molar-refractivity contribution is 9.10. The number of pyridine rings is 7. The number of aromatic amines is 1. The van der Waals surface area contributed by atoms with Crippen LogP contribution in [0.1, 0.15) is 186 Å². The second-order valence-corrected chi connectivity index (χ2v) is 31.0. The lowest BCUT2D eigenvalue weighted by Gasteiger charge is -2.19. The van der Waals surface area contributed by atoms with Gasteiger partial charge in [-0.2, -0.15) is 0 Å². The lowest BCUT2D eigenvalue weighted by atomic mass is 9.90. The zero-order chi connectivity index (χ0) is 111. The lowest BCUT2D eigenvalue weighted by Crippen LogP contribution is -2.24. The van der Waals surface area contributed by atoms with E-state index in [4.69, 9.17) is 62.7 Å². The number of carboxylic acids is 3. The fourth-order valence-corrected chi connectivity index (χ4v) is 12.4. The SMILES string of the molecule is C1CCOC1.CC(=O)OC(C)=O.CCOC(=O)CC(=O)CC(CC(=O)O)c1ccnc(OC)c1.CCOC(=O)CC(Cc1cc(=O)n(C)[nH]1)c1ccc(OC)nc1.COC(=O)/C=C(/CC(=O)OC)c1ccc(OC)nc1.COC(=O)/C=C/CC(=O)OC.COC(=O)CC(CC(=O)OC)c1ccc(OC)nc1.COc1ccc(Br)cn1.COc1ccc(C(CC(=O)O)CC(=O)O)cn1.COc1ccc(C2CC(=O)OC(=O)C2)cn1. The third-order valence-electron chi connectivity index (χ3n) is 19.4. The van der Waals surface area contributed by atoms with Crippen molar-refractivity contribution >= 4 is 117 Å². The van der Waals surface area contributed by atoms with E-state index in [2.05, 4.69) is 93.8 Å². The minimum absolute atomic E-state index is 0.0421. The molecule has 0 spiro atoms. The van der Waals surface area contributed by atoms with Gasteiger partial charge in [0, 0.05) is 184 Å². The first-order chi connectivity index (χ1) is 70.5. The summed E-state index contributed by atoms with van der Waals surface area (Å²) in [6, 6.07) is 25.6. The molecule has 4 N–H and O–H groups in total. The summed E-state index contributed by atoms with van der Waals surface area (Å²) in [6.07, 6.45) is 17.7. The van der Waals surface area contributed by atoms with Crippen molar-refractivity contribution in [2.45, 2.75) is 154 Å². The predicted octanol–water partition coefficient (Wildman–Crippen LogP) is 10.7. The number of rotatable bonds is 39. The monoisotopic (exact) mass is 2140 g/mol. The number of carboxylic acid groups (broad SMARTS) is 3. The smallest absolute Gasteiger partial charge is 0.330 e. The average molecular weight is 2140 g/mol. The summed E-state index contributed by atoms with van der Waals surface area (Å²) in [7, 11) is 20.0. The Morgan fingerprint density at radius 2 is 0.858 bits per heavy atom. The summed E-state index contributed by atoms with van der Waals surface area (Å²) in [6.45, 7) is 8.33. The van der Waals surface area contributed by atoms with E-state index in [-0.39, 0.29) is 137 Å². The van der Waals surface area contributed by atoms with Gasteiger partial charge in [-0.1, -0.05) is 30.3 Å². The number of aliphatic carboxylic acids is 3. The van der Waals surface area contributed by atoms with E-state index >= 15 is 0 Å². The number of Topliss-reactive ketones (excluding diaryl/α,β-unsaturated/α-hetero) is 1. The lowest BCUT2D eigenvalue weighted by molar-refractivity contribution is -0.164. The number of esters is 12. The number of H-pyrrole nitrogens is 1. The molecule has 8 aromatic heterocycles. The van der Waals surface area contributed by atoms with Crippen molar-refractivity contribution in [3.63, 3.8) is 0 Å². The van der Waals surface area contributed by atoms with Crippen molar-refractivity contribution in [1.29, 1.82) is 0 Å². The van der Waals surface area contributed by atoms with Crippen molar-refractivity contribution in [2.24, 2.45) is 7.05 Å². The molecule has 8 aromatic rings. The van der Waals surface area contributed by atoms with Gasteiger partial charge in [0.15, 0.2) is 0 Å². The fourth-order valence-electron chi connectivity index (χ4n) is 12.2. The van der Waals surface area contributed by atoms with Gasteiger partial charge in [-0.05, 0) is 106 Å². The number of ketones is 1. The van der Waals surface area contributed by atoms with E-state index in [1.165, 1.54) is 152 Å². The van der Waals surface area contributed by atoms with E-state index in [9.17, 15) is 81.5 Å². The van der Waals surface area contributed by atoms with Crippen molar-refractivity contribution in [3.05, 3.63) is 207 Å². The van der Waals surface area contributed by atoms with Crippen LogP contribution in [-0.4, -0.2) is 274 Å². The van der Waals surface area contributed by atoms with Crippen LogP contribution in [0.4, 0.5) is 0 Å². The highest BCUT2D eigenvalue weighted by Gasteiger charge is 2.30. The van der Waals surface area contributed by atoms with Gasteiger partial charge in [0.2, 0.25) is 41.2 Å². The molecule has 0 amide bonds. The Balaban J connectivity index is 0.000000840. The molecule has 2 atom stereocenters. The molecule has 10 rings (SSSR count). The average Bonchev–Trinajstić information content (AvgIpc) is 1.56. The van der Waals surface area contributed by atoms with Crippen LogP contribution in [0, 0.1) is 0 Å². The molecule has 0 aliphatic carbocycles. The van der Waals surface area contributed by atoms with Crippen LogP contribution in [0.15, 0.2) is 162 Å². The number of hydrogen-bond donors (Lipinski definition) is 4. The van der Waals surface area contributed by atoms with Crippen molar-refractivity contribution in [2.75, 3.05) is 119 Å². The largest absolute Gasteiger partial charge is 0.481 e. The molecule has 0 saturated carbocycles. The Morgan fingerprint density at radius 1 is 0.439 bits per heavy atom. The minimum Gasteiger partial charge on any atom is -0.481 e. The van der Waals surface area contributed by atoms with Crippen LogP contribution in [0.5, 0.6) is 41.2 Å². The Labute approximate surface area is 861 Å².